The number of aryl methyl sites for hydroxylation is 1. The summed E-state index contributed by atoms with van der Waals surface area (Å²) in [6.07, 6.45) is -5.75. The molecule has 4 N–H and O–H groups in total. The first kappa shape index (κ1) is 18.6. The zero-order chi connectivity index (χ0) is 18.4. The van der Waals surface area contributed by atoms with E-state index in [1.165, 1.54) is 12.1 Å². The number of aliphatic hydroxyl groups excluding tert-OH is 1. The summed E-state index contributed by atoms with van der Waals surface area (Å²) in [5, 5.41) is 12.9. The van der Waals surface area contributed by atoms with Crippen LogP contribution in [0.4, 0.5) is 18.9 Å². The largest absolute Gasteiger partial charge is 0.573 e. The normalized spacial score (nSPS) is 13.4. The highest BCUT2D eigenvalue weighted by molar-refractivity contribution is 5.92. The smallest absolute Gasteiger partial charge is 0.406 e. The van der Waals surface area contributed by atoms with Gasteiger partial charge in [-0.15, -0.1) is 13.2 Å². The molecule has 0 saturated carbocycles. The first-order chi connectivity index (χ1) is 11.7. The highest BCUT2D eigenvalue weighted by atomic mass is 19.4. The van der Waals surface area contributed by atoms with Crippen LogP contribution in [0.1, 0.15) is 17.2 Å². The van der Waals surface area contributed by atoms with E-state index in [4.69, 9.17) is 5.73 Å². The molecule has 0 aliphatic heterocycles. The Hall–Kier alpha value is -2.74. The van der Waals surface area contributed by atoms with Gasteiger partial charge in [0.25, 0.3) is 0 Å². The number of hydrogen-bond acceptors (Lipinski definition) is 3. The van der Waals surface area contributed by atoms with Crippen LogP contribution in [0.2, 0.25) is 0 Å². The van der Waals surface area contributed by atoms with Gasteiger partial charge in [0.1, 0.15) is 5.75 Å². The van der Waals surface area contributed by atoms with E-state index >= 15 is 0 Å². The number of nitrogens with one attached hydrogen (secondary N) is 1. The van der Waals surface area contributed by atoms with E-state index in [-0.39, 0.29) is 18.3 Å². The molecule has 2 aromatic rings. The fraction of sp³-hybridized carbons (Fsp3) is 0.235. The summed E-state index contributed by atoms with van der Waals surface area (Å²) in [6.45, 7) is 1.92. The molecule has 0 radical (unpaired) electrons. The van der Waals surface area contributed by atoms with Gasteiger partial charge in [0.2, 0.25) is 0 Å². The maximum Gasteiger partial charge on any atom is 0.573 e. The predicted molar refractivity (Wildman–Crippen MR) is 89.4 cm³/mol. The van der Waals surface area contributed by atoms with Crippen molar-refractivity contribution in [3.8, 4) is 5.75 Å². The zero-order valence-corrected chi connectivity index (χ0v) is 13.4. The van der Waals surface area contributed by atoms with Crippen molar-refractivity contribution >= 4 is 11.6 Å². The lowest BCUT2D eigenvalue weighted by molar-refractivity contribution is -0.274. The van der Waals surface area contributed by atoms with Gasteiger partial charge in [-0.25, -0.2) is 0 Å². The van der Waals surface area contributed by atoms with Crippen molar-refractivity contribution in [2.75, 3.05) is 11.9 Å². The lowest BCUT2D eigenvalue weighted by Crippen LogP contribution is -2.23. The molecule has 1 unspecified atom stereocenters. The number of aliphatic imine (C=N–C) groups is 1. The SMILES string of the molecule is Cc1ccc(NC(N)=NCC(O)c2ccc(OC(F)(F)F)cc2)cc1. The summed E-state index contributed by atoms with van der Waals surface area (Å²) in [5.41, 5.74) is 8.02. The summed E-state index contributed by atoms with van der Waals surface area (Å²) in [6, 6.07) is 12.4. The van der Waals surface area contributed by atoms with Crippen molar-refractivity contribution in [3.05, 3.63) is 59.7 Å². The minimum Gasteiger partial charge on any atom is -0.406 e. The first-order valence-corrected chi connectivity index (χ1v) is 7.40. The van der Waals surface area contributed by atoms with Gasteiger partial charge in [-0.1, -0.05) is 29.8 Å². The molecule has 0 heterocycles. The number of hydrogen-bond donors (Lipinski definition) is 3. The number of nitrogens with two attached hydrogens (primary N) is 1. The number of guanidine groups is 1. The number of rotatable bonds is 5. The summed E-state index contributed by atoms with van der Waals surface area (Å²) >= 11 is 0. The van der Waals surface area contributed by atoms with Gasteiger partial charge in [0.15, 0.2) is 5.96 Å². The van der Waals surface area contributed by atoms with Crippen molar-refractivity contribution in [2.24, 2.45) is 10.7 Å². The van der Waals surface area contributed by atoms with E-state index in [9.17, 15) is 18.3 Å². The molecule has 25 heavy (non-hydrogen) atoms. The van der Waals surface area contributed by atoms with Gasteiger partial charge in [-0.2, -0.15) is 0 Å². The maximum atomic E-state index is 12.1. The molecule has 0 saturated heterocycles. The van der Waals surface area contributed by atoms with Crippen LogP contribution in [0.25, 0.3) is 0 Å². The molecule has 5 nitrogen and oxygen atoms in total. The fourth-order valence-electron chi connectivity index (χ4n) is 2.01. The third kappa shape index (κ3) is 6.34. The first-order valence-electron chi connectivity index (χ1n) is 7.40. The summed E-state index contributed by atoms with van der Waals surface area (Å²) in [5.74, 6) is -0.229. The minimum atomic E-state index is -4.75. The molecule has 0 aliphatic rings. The Balaban J connectivity index is 1.92. The Morgan fingerprint density at radius 3 is 2.32 bits per heavy atom. The molecule has 2 aromatic carbocycles. The van der Waals surface area contributed by atoms with Crippen LogP contribution in [0.5, 0.6) is 5.75 Å². The van der Waals surface area contributed by atoms with Crippen molar-refractivity contribution in [1.82, 2.24) is 0 Å². The molecule has 0 fully saturated rings. The fourth-order valence-corrected chi connectivity index (χ4v) is 2.01. The second-order valence-corrected chi connectivity index (χ2v) is 5.35. The minimum absolute atomic E-state index is 0.0375. The summed E-state index contributed by atoms with van der Waals surface area (Å²) in [7, 11) is 0. The third-order valence-corrected chi connectivity index (χ3v) is 3.26. The Morgan fingerprint density at radius 1 is 1.16 bits per heavy atom. The predicted octanol–water partition coefficient (Wildman–Crippen LogP) is 3.35. The third-order valence-electron chi connectivity index (χ3n) is 3.26. The Labute approximate surface area is 143 Å². The topological polar surface area (TPSA) is 79.9 Å². The van der Waals surface area contributed by atoms with E-state index in [1.54, 1.807) is 0 Å². The van der Waals surface area contributed by atoms with E-state index in [1.807, 2.05) is 31.2 Å². The number of ether oxygens (including phenoxy) is 1. The number of nitrogens with zero attached hydrogens (tertiary/aromatic N) is 1. The number of halogens is 3. The summed E-state index contributed by atoms with van der Waals surface area (Å²) in [4.78, 5) is 4.02. The standard InChI is InChI=1S/C17H18F3N3O2/c1-11-2-6-13(7-3-11)23-16(21)22-10-15(24)12-4-8-14(9-5-12)25-17(18,19)20/h2-9,15,24H,10H2,1H3,(H3,21,22,23). The van der Waals surface area contributed by atoms with Gasteiger partial charge in [0.05, 0.1) is 12.6 Å². The average Bonchev–Trinajstić information content (AvgIpc) is 2.54. The number of anilines is 1. The van der Waals surface area contributed by atoms with Gasteiger partial charge in [-0.3, -0.25) is 4.99 Å². The second kappa shape index (κ2) is 7.89. The van der Waals surface area contributed by atoms with E-state index < -0.39 is 12.5 Å². The number of aliphatic hydroxyl groups is 1. The van der Waals surface area contributed by atoms with Crippen LogP contribution >= 0.6 is 0 Å². The van der Waals surface area contributed by atoms with Crippen molar-refractivity contribution in [2.45, 2.75) is 19.4 Å². The van der Waals surface area contributed by atoms with Crippen molar-refractivity contribution in [3.63, 3.8) is 0 Å². The van der Waals surface area contributed by atoms with Crippen LogP contribution in [-0.4, -0.2) is 24.0 Å². The molecule has 0 spiro atoms. The monoisotopic (exact) mass is 353 g/mol. The quantitative estimate of drug-likeness (QED) is 0.569. The van der Waals surface area contributed by atoms with Crippen molar-refractivity contribution < 1.29 is 23.0 Å². The van der Waals surface area contributed by atoms with E-state index in [0.29, 0.717) is 5.56 Å². The van der Waals surface area contributed by atoms with Crippen molar-refractivity contribution in [1.29, 1.82) is 0 Å². The molecule has 8 heteroatoms. The van der Waals surface area contributed by atoms with E-state index in [2.05, 4.69) is 15.0 Å². The molecular weight excluding hydrogens is 335 g/mol. The highest BCUT2D eigenvalue weighted by Crippen LogP contribution is 2.24. The van der Waals surface area contributed by atoms with Crippen LogP contribution in [0.3, 0.4) is 0 Å². The highest BCUT2D eigenvalue weighted by Gasteiger charge is 2.31. The molecule has 134 valence electrons. The molecular formula is C17H18F3N3O2. The maximum absolute atomic E-state index is 12.1. The van der Waals surface area contributed by atoms with Crippen LogP contribution in [0.15, 0.2) is 53.5 Å². The molecule has 1 atom stereocenters. The van der Waals surface area contributed by atoms with Gasteiger partial charge in [-0.05, 0) is 36.8 Å². The van der Waals surface area contributed by atoms with Gasteiger partial charge in [0, 0.05) is 5.69 Å². The Morgan fingerprint density at radius 2 is 1.76 bits per heavy atom. The lowest BCUT2D eigenvalue weighted by atomic mass is 10.1. The molecule has 0 aromatic heterocycles. The van der Waals surface area contributed by atoms with Crippen LogP contribution in [-0.2, 0) is 0 Å². The average molecular weight is 353 g/mol. The molecule has 0 bridgehead atoms. The lowest BCUT2D eigenvalue weighted by Gasteiger charge is -2.12. The molecule has 0 amide bonds. The zero-order valence-electron chi connectivity index (χ0n) is 13.4. The Bertz CT molecular complexity index is 713. The summed E-state index contributed by atoms with van der Waals surface area (Å²) < 4.78 is 40.1. The molecule has 0 aliphatic carbocycles. The number of alkyl halides is 3. The van der Waals surface area contributed by atoms with Crippen LogP contribution < -0.4 is 15.8 Å². The number of benzene rings is 2. The van der Waals surface area contributed by atoms with Gasteiger partial charge < -0.3 is 20.9 Å². The van der Waals surface area contributed by atoms with Gasteiger partial charge >= 0.3 is 6.36 Å². The molecule has 2 rings (SSSR count). The second-order valence-electron chi connectivity index (χ2n) is 5.35. The van der Waals surface area contributed by atoms with E-state index in [0.717, 1.165) is 23.4 Å². The van der Waals surface area contributed by atoms with Crippen LogP contribution in [0, 0.1) is 6.92 Å². The Kier molecular flexibility index (Phi) is 5.87.